The van der Waals surface area contributed by atoms with E-state index in [-0.39, 0.29) is 5.69 Å². The summed E-state index contributed by atoms with van der Waals surface area (Å²) < 4.78 is 5.59. The third-order valence-corrected chi connectivity index (χ3v) is 3.29. The molecule has 0 radical (unpaired) electrons. The Hall–Kier alpha value is -1.62. The average molecular weight is 250 g/mol. The van der Waals surface area contributed by atoms with Crippen LogP contribution in [0, 0.1) is 0 Å². The van der Waals surface area contributed by atoms with Gasteiger partial charge in [-0.05, 0) is 32.5 Å². The Balaban J connectivity index is 1.93. The van der Waals surface area contributed by atoms with Gasteiger partial charge in [0.1, 0.15) is 6.61 Å². The second kappa shape index (κ2) is 5.82. The second-order valence-electron chi connectivity index (χ2n) is 4.61. The highest BCUT2D eigenvalue weighted by Crippen LogP contribution is 2.16. The van der Waals surface area contributed by atoms with Gasteiger partial charge in [-0.15, -0.1) is 0 Å². The maximum atomic E-state index is 10.8. The van der Waals surface area contributed by atoms with Crippen molar-refractivity contribution in [1.29, 1.82) is 0 Å². The first-order valence-electron chi connectivity index (χ1n) is 6.20. The Labute approximate surface area is 106 Å². The first-order chi connectivity index (χ1) is 8.66. The summed E-state index contributed by atoms with van der Waals surface area (Å²) in [5, 5.41) is 8.84. The molecule has 1 saturated heterocycles. The van der Waals surface area contributed by atoms with Gasteiger partial charge in [0.25, 0.3) is 0 Å². The first-order valence-corrected chi connectivity index (χ1v) is 6.20. The van der Waals surface area contributed by atoms with Crippen LogP contribution in [0.2, 0.25) is 0 Å². The van der Waals surface area contributed by atoms with Crippen LogP contribution < -0.4 is 4.74 Å². The van der Waals surface area contributed by atoms with Gasteiger partial charge in [-0.25, -0.2) is 9.78 Å². The molecule has 1 aromatic heterocycles. The fourth-order valence-corrected chi connectivity index (χ4v) is 2.15. The number of likely N-dealkylation sites (tertiary alicyclic amines) is 1. The number of ether oxygens (including phenoxy) is 1. The Morgan fingerprint density at radius 1 is 1.56 bits per heavy atom. The standard InChI is InChI=1S/C13H18N2O3/c1-15-8-3-2-5-10(15)9-18-12-7-4-6-11(14-12)13(16)17/h4,6-7,10H,2-3,5,8-9H2,1H3,(H,16,17). The first kappa shape index (κ1) is 12.8. The van der Waals surface area contributed by atoms with Crippen LogP contribution in [0.4, 0.5) is 0 Å². The van der Waals surface area contributed by atoms with Crippen molar-refractivity contribution in [2.45, 2.75) is 25.3 Å². The Morgan fingerprint density at radius 2 is 2.39 bits per heavy atom. The van der Waals surface area contributed by atoms with Crippen molar-refractivity contribution < 1.29 is 14.6 Å². The molecule has 0 amide bonds. The monoisotopic (exact) mass is 250 g/mol. The van der Waals surface area contributed by atoms with E-state index in [1.54, 1.807) is 12.1 Å². The lowest BCUT2D eigenvalue weighted by Crippen LogP contribution is -2.40. The molecule has 0 spiro atoms. The van der Waals surface area contributed by atoms with E-state index in [1.807, 2.05) is 0 Å². The summed E-state index contributed by atoms with van der Waals surface area (Å²) in [6.07, 6.45) is 3.58. The molecule has 1 aromatic rings. The molecule has 1 unspecified atom stereocenters. The number of carboxylic acid groups (broad SMARTS) is 1. The van der Waals surface area contributed by atoms with Gasteiger partial charge in [0.05, 0.1) is 0 Å². The number of piperidine rings is 1. The minimum atomic E-state index is -1.03. The van der Waals surface area contributed by atoms with E-state index < -0.39 is 5.97 Å². The average Bonchev–Trinajstić information content (AvgIpc) is 2.38. The predicted octanol–water partition coefficient (Wildman–Crippen LogP) is 1.64. The number of aromatic carboxylic acids is 1. The third-order valence-electron chi connectivity index (χ3n) is 3.29. The number of rotatable bonds is 4. The fourth-order valence-electron chi connectivity index (χ4n) is 2.15. The lowest BCUT2D eigenvalue weighted by atomic mass is 10.0. The molecule has 1 aliphatic heterocycles. The van der Waals surface area contributed by atoms with Crippen LogP contribution in [0.3, 0.4) is 0 Å². The number of pyridine rings is 1. The zero-order chi connectivity index (χ0) is 13.0. The van der Waals surface area contributed by atoms with Gasteiger partial charge in [0.2, 0.25) is 5.88 Å². The maximum absolute atomic E-state index is 10.8. The summed E-state index contributed by atoms with van der Waals surface area (Å²) >= 11 is 0. The Bertz CT molecular complexity index is 422. The molecule has 0 saturated carbocycles. The van der Waals surface area contributed by atoms with Gasteiger partial charge in [0.15, 0.2) is 5.69 Å². The highest BCUT2D eigenvalue weighted by Gasteiger charge is 2.19. The molecule has 0 aromatic carbocycles. The number of hydrogen-bond acceptors (Lipinski definition) is 4. The normalized spacial score (nSPS) is 20.6. The van der Waals surface area contributed by atoms with Gasteiger partial charge < -0.3 is 14.7 Å². The highest BCUT2D eigenvalue weighted by atomic mass is 16.5. The number of carboxylic acids is 1. The van der Waals surface area contributed by atoms with E-state index in [0.29, 0.717) is 18.5 Å². The highest BCUT2D eigenvalue weighted by molar-refractivity contribution is 5.85. The van der Waals surface area contributed by atoms with Gasteiger partial charge in [-0.1, -0.05) is 12.5 Å². The summed E-state index contributed by atoms with van der Waals surface area (Å²) in [6, 6.07) is 5.20. The largest absolute Gasteiger partial charge is 0.477 e. The van der Waals surface area contributed by atoms with Crippen LogP contribution in [0.5, 0.6) is 5.88 Å². The van der Waals surface area contributed by atoms with Crippen LogP contribution in [0.1, 0.15) is 29.8 Å². The van der Waals surface area contributed by atoms with Crippen LogP contribution in [0.15, 0.2) is 18.2 Å². The van der Waals surface area contributed by atoms with Crippen molar-refractivity contribution in [3.63, 3.8) is 0 Å². The molecule has 18 heavy (non-hydrogen) atoms. The summed E-state index contributed by atoms with van der Waals surface area (Å²) in [6.45, 7) is 1.66. The minimum Gasteiger partial charge on any atom is -0.477 e. The maximum Gasteiger partial charge on any atom is 0.354 e. The number of carbonyl (C=O) groups is 1. The van der Waals surface area contributed by atoms with Gasteiger partial charge in [-0.2, -0.15) is 0 Å². The van der Waals surface area contributed by atoms with E-state index >= 15 is 0 Å². The summed E-state index contributed by atoms with van der Waals surface area (Å²) in [5.74, 6) is -0.649. The number of nitrogens with zero attached hydrogens (tertiary/aromatic N) is 2. The molecule has 1 fully saturated rings. The number of likely N-dealkylation sites (N-methyl/N-ethyl adjacent to an activating group) is 1. The topological polar surface area (TPSA) is 62.7 Å². The van der Waals surface area contributed by atoms with Crippen LogP contribution in [-0.2, 0) is 0 Å². The van der Waals surface area contributed by atoms with E-state index in [9.17, 15) is 4.79 Å². The zero-order valence-corrected chi connectivity index (χ0v) is 10.5. The Morgan fingerprint density at radius 3 is 3.11 bits per heavy atom. The Kier molecular flexibility index (Phi) is 4.15. The summed E-state index contributed by atoms with van der Waals surface area (Å²) in [4.78, 5) is 17.0. The van der Waals surface area contributed by atoms with Gasteiger partial charge >= 0.3 is 5.97 Å². The fraction of sp³-hybridized carbons (Fsp3) is 0.538. The third kappa shape index (κ3) is 3.20. The summed E-state index contributed by atoms with van der Waals surface area (Å²) in [5.41, 5.74) is 0.0181. The zero-order valence-electron chi connectivity index (χ0n) is 10.5. The molecule has 0 aliphatic carbocycles. The second-order valence-corrected chi connectivity index (χ2v) is 4.61. The molecule has 5 heteroatoms. The lowest BCUT2D eigenvalue weighted by molar-refractivity contribution is 0.0688. The summed E-state index contributed by atoms with van der Waals surface area (Å²) in [7, 11) is 2.09. The van der Waals surface area contributed by atoms with E-state index in [4.69, 9.17) is 9.84 Å². The molecule has 1 N–H and O–H groups in total. The molecule has 0 bridgehead atoms. The smallest absolute Gasteiger partial charge is 0.354 e. The SMILES string of the molecule is CN1CCCCC1COc1cccc(C(=O)O)n1. The van der Waals surface area contributed by atoms with Crippen LogP contribution in [0.25, 0.3) is 0 Å². The molecule has 2 rings (SSSR count). The molecular formula is C13H18N2O3. The number of aromatic nitrogens is 1. The van der Waals surface area contributed by atoms with Crippen LogP contribution in [-0.4, -0.2) is 47.2 Å². The van der Waals surface area contributed by atoms with E-state index in [2.05, 4.69) is 16.9 Å². The minimum absolute atomic E-state index is 0.0181. The molecule has 1 atom stereocenters. The molecule has 1 aliphatic rings. The van der Waals surface area contributed by atoms with Crippen molar-refractivity contribution in [2.24, 2.45) is 0 Å². The van der Waals surface area contributed by atoms with Crippen molar-refractivity contribution >= 4 is 5.97 Å². The van der Waals surface area contributed by atoms with E-state index in [0.717, 1.165) is 13.0 Å². The molecule has 2 heterocycles. The molecule has 98 valence electrons. The van der Waals surface area contributed by atoms with E-state index in [1.165, 1.54) is 18.9 Å². The quantitative estimate of drug-likeness (QED) is 0.880. The number of hydrogen-bond donors (Lipinski definition) is 1. The van der Waals surface area contributed by atoms with Gasteiger partial charge in [0, 0.05) is 12.1 Å². The van der Waals surface area contributed by atoms with Crippen molar-refractivity contribution in [1.82, 2.24) is 9.88 Å². The van der Waals surface area contributed by atoms with Crippen molar-refractivity contribution in [3.05, 3.63) is 23.9 Å². The van der Waals surface area contributed by atoms with Gasteiger partial charge in [-0.3, -0.25) is 0 Å². The van der Waals surface area contributed by atoms with Crippen LogP contribution >= 0.6 is 0 Å². The van der Waals surface area contributed by atoms with Crippen molar-refractivity contribution in [2.75, 3.05) is 20.2 Å². The molecule has 5 nitrogen and oxygen atoms in total. The lowest BCUT2D eigenvalue weighted by Gasteiger charge is -2.31. The molecular weight excluding hydrogens is 232 g/mol. The van der Waals surface area contributed by atoms with Crippen molar-refractivity contribution in [3.8, 4) is 5.88 Å². The predicted molar refractivity (Wildman–Crippen MR) is 67.0 cm³/mol.